The van der Waals surface area contributed by atoms with Gasteiger partial charge in [0.1, 0.15) is 0 Å². The van der Waals surface area contributed by atoms with Gasteiger partial charge in [-0.1, -0.05) is 0 Å². The number of nitrogens with zero attached hydrogens (tertiary/aromatic N) is 1. The lowest BCUT2D eigenvalue weighted by molar-refractivity contribution is 0.00578. The minimum absolute atomic E-state index is 0.0947. The number of hydrogen-bond acceptors (Lipinski definition) is 4. The minimum Gasteiger partial charge on any atom is -0.399 e. The van der Waals surface area contributed by atoms with Crippen molar-refractivity contribution in [1.82, 2.24) is 4.98 Å². The van der Waals surface area contributed by atoms with Crippen LogP contribution < -0.4 is 11.2 Å². The van der Waals surface area contributed by atoms with Crippen LogP contribution in [0.25, 0.3) is 0 Å². The van der Waals surface area contributed by atoms with Gasteiger partial charge in [0.25, 0.3) is 0 Å². The lowest BCUT2D eigenvalue weighted by Crippen LogP contribution is -2.41. The second-order valence-electron chi connectivity index (χ2n) is 6.79. The highest BCUT2D eigenvalue weighted by Crippen LogP contribution is 2.36. The fourth-order valence-corrected chi connectivity index (χ4v) is 2.39. The van der Waals surface area contributed by atoms with E-state index in [1.165, 1.54) is 5.56 Å². The fraction of sp³-hybridized carbons (Fsp3) is 0.667. The third kappa shape index (κ3) is 2.75. The first kappa shape index (κ1) is 15.5. The maximum absolute atomic E-state index is 6.12. The van der Waals surface area contributed by atoms with E-state index in [1.54, 1.807) is 0 Å². The van der Waals surface area contributed by atoms with Gasteiger partial charge in [-0.2, -0.15) is 0 Å². The second-order valence-corrected chi connectivity index (χ2v) is 6.79. The van der Waals surface area contributed by atoms with Gasteiger partial charge in [-0.3, -0.25) is 4.98 Å². The molecule has 0 aliphatic carbocycles. The zero-order valence-electron chi connectivity index (χ0n) is 13.4. The summed E-state index contributed by atoms with van der Waals surface area (Å²) < 4.78 is 12.2. The van der Waals surface area contributed by atoms with Gasteiger partial charge < -0.3 is 15.0 Å². The predicted octanol–water partition coefficient (Wildman–Crippen LogP) is 1.58. The Balaban J connectivity index is 2.37. The summed E-state index contributed by atoms with van der Waals surface area (Å²) in [5.41, 5.74) is 8.61. The molecule has 2 rings (SSSR count). The highest BCUT2D eigenvalue weighted by molar-refractivity contribution is 6.62. The van der Waals surface area contributed by atoms with Gasteiger partial charge in [-0.25, -0.2) is 0 Å². The molecule has 0 bridgehead atoms. The Labute approximate surface area is 122 Å². The Hall–Kier alpha value is -0.905. The first-order chi connectivity index (χ1) is 9.14. The van der Waals surface area contributed by atoms with Crippen molar-refractivity contribution in [3.63, 3.8) is 0 Å². The van der Waals surface area contributed by atoms with Crippen LogP contribution in [0.5, 0.6) is 0 Å². The normalized spacial score (nSPS) is 22.1. The molecule has 2 N–H and O–H groups in total. The molecule has 1 fully saturated rings. The zero-order valence-corrected chi connectivity index (χ0v) is 13.4. The molecule has 1 atom stereocenters. The molecule has 2 heterocycles. The zero-order chi connectivity index (χ0) is 15.1. The van der Waals surface area contributed by atoms with E-state index in [1.807, 2.05) is 19.3 Å². The van der Waals surface area contributed by atoms with E-state index in [4.69, 9.17) is 15.0 Å². The Kier molecular flexibility index (Phi) is 3.97. The number of hydrogen-bond donors (Lipinski definition) is 1. The average molecular weight is 276 g/mol. The van der Waals surface area contributed by atoms with Crippen LogP contribution in [0.3, 0.4) is 0 Å². The molecule has 0 amide bonds. The van der Waals surface area contributed by atoms with Crippen molar-refractivity contribution in [2.24, 2.45) is 5.73 Å². The summed E-state index contributed by atoms with van der Waals surface area (Å²) in [6, 6.07) is 0.0947. The number of rotatable bonds is 3. The molecule has 110 valence electrons. The van der Waals surface area contributed by atoms with Crippen molar-refractivity contribution in [3.8, 4) is 0 Å². The standard InChI is InChI=1S/C15H25BN2O2/c1-10-8-18-9-13(12(10)7-11(2)17)16-19-14(3,4)15(5,6)20-16/h8-9,11H,7,17H2,1-6H3. The summed E-state index contributed by atoms with van der Waals surface area (Å²) in [5, 5.41) is 0. The Bertz CT molecular complexity index is 485. The molecule has 1 unspecified atom stereocenters. The van der Waals surface area contributed by atoms with Crippen molar-refractivity contribution in [2.45, 2.75) is 65.2 Å². The van der Waals surface area contributed by atoms with Crippen LogP contribution in [0.1, 0.15) is 45.7 Å². The maximum atomic E-state index is 6.12. The van der Waals surface area contributed by atoms with Crippen LogP contribution in [-0.4, -0.2) is 29.3 Å². The summed E-state index contributed by atoms with van der Waals surface area (Å²) in [6.45, 7) is 12.3. The van der Waals surface area contributed by atoms with Gasteiger partial charge in [0, 0.05) is 23.9 Å². The molecule has 1 aromatic rings. The molecule has 1 saturated heterocycles. The third-order valence-corrected chi connectivity index (χ3v) is 4.34. The van der Waals surface area contributed by atoms with E-state index >= 15 is 0 Å². The Morgan fingerprint density at radius 1 is 1.20 bits per heavy atom. The molecule has 1 aliphatic heterocycles. The molecule has 0 aromatic carbocycles. The quantitative estimate of drug-likeness (QED) is 0.852. The van der Waals surface area contributed by atoms with E-state index in [0.717, 1.165) is 17.4 Å². The first-order valence-corrected chi connectivity index (χ1v) is 7.18. The summed E-state index contributed by atoms with van der Waals surface area (Å²) in [4.78, 5) is 4.29. The molecule has 5 heteroatoms. The minimum atomic E-state index is -0.374. The van der Waals surface area contributed by atoms with E-state index in [-0.39, 0.29) is 24.4 Å². The molecule has 20 heavy (non-hydrogen) atoms. The van der Waals surface area contributed by atoms with Crippen LogP contribution >= 0.6 is 0 Å². The van der Waals surface area contributed by atoms with Crippen molar-refractivity contribution >= 4 is 12.6 Å². The van der Waals surface area contributed by atoms with Gasteiger partial charge in [-0.05, 0) is 59.1 Å². The highest BCUT2D eigenvalue weighted by Gasteiger charge is 2.52. The lowest BCUT2D eigenvalue weighted by Gasteiger charge is -2.32. The molecule has 0 radical (unpaired) electrons. The molecule has 4 nitrogen and oxygen atoms in total. The number of pyridine rings is 1. The summed E-state index contributed by atoms with van der Waals surface area (Å²) in [5.74, 6) is 0. The number of nitrogens with two attached hydrogens (primary N) is 1. The molecule has 0 spiro atoms. The highest BCUT2D eigenvalue weighted by atomic mass is 16.7. The predicted molar refractivity (Wildman–Crippen MR) is 82.0 cm³/mol. The summed E-state index contributed by atoms with van der Waals surface area (Å²) in [7, 11) is -0.374. The van der Waals surface area contributed by atoms with Gasteiger partial charge >= 0.3 is 7.12 Å². The van der Waals surface area contributed by atoms with Crippen LogP contribution in [-0.2, 0) is 15.7 Å². The van der Waals surface area contributed by atoms with Gasteiger partial charge in [0.2, 0.25) is 0 Å². The van der Waals surface area contributed by atoms with Crippen molar-refractivity contribution in [2.75, 3.05) is 0 Å². The van der Waals surface area contributed by atoms with Crippen molar-refractivity contribution in [1.29, 1.82) is 0 Å². The fourth-order valence-electron chi connectivity index (χ4n) is 2.39. The van der Waals surface area contributed by atoms with Crippen molar-refractivity contribution < 1.29 is 9.31 Å². The molecule has 0 saturated carbocycles. The number of aryl methyl sites for hydroxylation is 1. The molecular formula is C15H25BN2O2. The van der Waals surface area contributed by atoms with Crippen LogP contribution in [0.2, 0.25) is 0 Å². The second kappa shape index (κ2) is 5.13. The molecule has 1 aliphatic rings. The van der Waals surface area contributed by atoms with Gasteiger partial charge in [-0.15, -0.1) is 0 Å². The third-order valence-electron chi connectivity index (χ3n) is 4.34. The van der Waals surface area contributed by atoms with E-state index in [9.17, 15) is 0 Å². The van der Waals surface area contributed by atoms with Crippen LogP contribution in [0, 0.1) is 6.92 Å². The maximum Gasteiger partial charge on any atom is 0.496 e. The SMILES string of the molecule is Cc1cncc(B2OC(C)(C)C(C)(C)O2)c1CC(C)N. The van der Waals surface area contributed by atoms with E-state index in [2.05, 4.69) is 39.6 Å². The monoisotopic (exact) mass is 276 g/mol. The smallest absolute Gasteiger partial charge is 0.399 e. The van der Waals surface area contributed by atoms with Gasteiger partial charge in [0.15, 0.2) is 0 Å². The average Bonchev–Trinajstić information content (AvgIpc) is 2.50. The van der Waals surface area contributed by atoms with Crippen LogP contribution in [0.4, 0.5) is 0 Å². The molecule has 1 aromatic heterocycles. The van der Waals surface area contributed by atoms with Crippen molar-refractivity contribution in [3.05, 3.63) is 23.5 Å². The summed E-state index contributed by atoms with van der Waals surface area (Å²) >= 11 is 0. The topological polar surface area (TPSA) is 57.4 Å². The van der Waals surface area contributed by atoms with Gasteiger partial charge in [0.05, 0.1) is 11.2 Å². The lowest BCUT2D eigenvalue weighted by atomic mass is 9.75. The number of aromatic nitrogens is 1. The van der Waals surface area contributed by atoms with E-state index < -0.39 is 0 Å². The Morgan fingerprint density at radius 2 is 1.75 bits per heavy atom. The Morgan fingerprint density at radius 3 is 2.25 bits per heavy atom. The summed E-state index contributed by atoms with van der Waals surface area (Å²) in [6.07, 6.45) is 4.51. The largest absolute Gasteiger partial charge is 0.496 e. The van der Waals surface area contributed by atoms with Crippen LogP contribution in [0.15, 0.2) is 12.4 Å². The van der Waals surface area contributed by atoms with E-state index in [0.29, 0.717) is 0 Å². The first-order valence-electron chi connectivity index (χ1n) is 7.18. The molecular weight excluding hydrogens is 251 g/mol.